The minimum Gasteiger partial charge on any atom is -0.307 e. The molecule has 0 aliphatic rings. The van der Waals surface area contributed by atoms with Gasteiger partial charge >= 0.3 is 6.03 Å². The first-order valence-corrected chi connectivity index (χ1v) is 7.58. The molecule has 2 N–H and O–H groups in total. The van der Waals surface area contributed by atoms with Crippen LogP contribution in [0.25, 0.3) is 11.0 Å². The maximum absolute atomic E-state index is 11.8. The molecular formula is C17H14ClN5O. The van der Waals surface area contributed by atoms with Gasteiger partial charge in [0, 0.05) is 10.7 Å². The van der Waals surface area contributed by atoms with Crippen LogP contribution in [0.15, 0.2) is 59.8 Å². The van der Waals surface area contributed by atoms with Gasteiger partial charge in [-0.1, -0.05) is 23.7 Å². The highest BCUT2D eigenvalue weighted by molar-refractivity contribution is 6.30. The molecular weight excluding hydrogens is 326 g/mol. The first-order valence-electron chi connectivity index (χ1n) is 7.21. The Morgan fingerprint density at radius 1 is 1.08 bits per heavy atom. The third kappa shape index (κ3) is 3.85. The number of halogens is 1. The van der Waals surface area contributed by atoms with Crippen LogP contribution in [-0.2, 0) is 0 Å². The molecule has 0 atom stereocenters. The van der Waals surface area contributed by atoms with Crippen LogP contribution in [-0.4, -0.2) is 21.7 Å². The fourth-order valence-corrected chi connectivity index (χ4v) is 2.14. The quantitative estimate of drug-likeness (QED) is 0.562. The van der Waals surface area contributed by atoms with Crippen molar-refractivity contribution < 1.29 is 4.79 Å². The average molecular weight is 340 g/mol. The van der Waals surface area contributed by atoms with E-state index in [1.165, 1.54) is 0 Å². The van der Waals surface area contributed by atoms with Gasteiger partial charge in [0.1, 0.15) is 5.69 Å². The largest absolute Gasteiger partial charge is 0.339 e. The summed E-state index contributed by atoms with van der Waals surface area (Å²) >= 11 is 5.80. The predicted octanol–water partition coefficient (Wildman–Crippen LogP) is 3.83. The average Bonchev–Trinajstić information content (AvgIpc) is 2.61. The van der Waals surface area contributed by atoms with Crippen molar-refractivity contribution in [1.82, 2.24) is 15.4 Å². The lowest BCUT2D eigenvalue weighted by Crippen LogP contribution is -2.25. The number of anilines is 1. The summed E-state index contributed by atoms with van der Waals surface area (Å²) in [5.41, 5.74) is 5.78. The topological polar surface area (TPSA) is 79.3 Å². The van der Waals surface area contributed by atoms with Gasteiger partial charge in [0.15, 0.2) is 0 Å². The molecule has 3 aromatic rings. The van der Waals surface area contributed by atoms with Crippen LogP contribution in [0.5, 0.6) is 0 Å². The molecule has 0 saturated carbocycles. The van der Waals surface area contributed by atoms with Crippen LogP contribution in [0.2, 0.25) is 5.02 Å². The fraction of sp³-hybridized carbons (Fsp3) is 0.0588. The van der Waals surface area contributed by atoms with Gasteiger partial charge < -0.3 is 5.32 Å². The summed E-state index contributed by atoms with van der Waals surface area (Å²) in [6.45, 7) is 1.75. The number of para-hydroxylation sites is 2. The molecule has 0 fully saturated rings. The zero-order chi connectivity index (χ0) is 16.9. The SMILES string of the molecule is C/C(=N\NC(=O)Nc1ccc(Cl)cc1)c1cnc2ccccc2n1. The zero-order valence-corrected chi connectivity index (χ0v) is 13.6. The van der Waals surface area contributed by atoms with E-state index in [1.54, 1.807) is 37.4 Å². The van der Waals surface area contributed by atoms with Crippen molar-refractivity contribution in [2.24, 2.45) is 5.10 Å². The Kier molecular flexibility index (Phi) is 4.67. The van der Waals surface area contributed by atoms with Gasteiger partial charge in [0.05, 0.1) is 22.9 Å². The molecule has 1 aromatic heterocycles. The molecule has 0 bridgehead atoms. The van der Waals surface area contributed by atoms with E-state index < -0.39 is 6.03 Å². The molecule has 7 heteroatoms. The monoisotopic (exact) mass is 339 g/mol. The Morgan fingerprint density at radius 2 is 1.79 bits per heavy atom. The summed E-state index contributed by atoms with van der Waals surface area (Å²) in [5.74, 6) is 0. The van der Waals surface area contributed by atoms with Crippen molar-refractivity contribution in [3.63, 3.8) is 0 Å². The Morgan fingerprint density at radius 3 is 2.54 bits per heavy atom. The van der Waals surface area contributed by atoms with Crippen LogP contribution < -0.4 is 10.7 Å². The van der Waals surface area contributed by atoms with E-state index in [4.69, 9.17) is 11.6 Å². The molecule has 2 aromatic carbocycles. The minimum atomic E-state index is -0.453. The van der Waals surface area contributed by atoms with Gasteiger partial charge in [0.25, 0.3) is 0 Å². The molecule has 120 valence electrons. The van der Waals surface area contributed by atoms with Crippen molar-refractivity contribution >= 4 is 40.1 Å². The maximum Gasteiger partial charge on any atom is 0.339 e. The van der Waals surface area contributed by atoms with Crippen LogP contribution in [0.3, 0.4) is 0 Å². The first kappa shape index (κ1) is 15.9. The Balaban J connectivity index is 1.68. The van der Waals surface area contributed by atoms with Crippen LogP contribution in [0.4, 0.5) is 10.5 Å². The highest BCUT2D eigenvalue weighted by Crippen LogP contribution is 2.13. The van der Waals surface area contributed by atoms with Crippen molar-refractivity contribution in [2.75, 3.05) is 5.32 Å². The lowest BCUT2D eigenvalue weighted by Gasteiger charge is -2.05. The molecule has 0 radical (unpaired) electrons. The normalized spacial score (nSPS) is 11.3. The number of rotatable bonds is 3. The number of nitrogens with zero attached hydrogens (tertiary/aromatic N) is 3. The molecule has 2 amide bonds. The van der Waals surface area contributed by atoms with Crippen LogP contribution in [0, 0.1) is 0 Å². The molecule has 6 nitrogen and oxygen atoms in total. The number of hydrogen-bond acceptors (Lipinski definition) is 4. The molecule has 0 aliphatic heterocycles. The number of fused-ring (bicyclic) bond motifs is 1. The van der Waals surface area contributed by atoms with Crippen molar-refractivity contribution in [3.05, 3.63) is 65.4 Å². The first-order chi connectivity index (χ1) is 11.6. The third-order valence-electron chi connectivity index (χ3n) is 3.25. The molecule has 0 aliphatic carbocycles. The van der Waals surface area contributed by atoms with Gasteiger partial charge in [-0.2, -0.15) is 5.10 Å². The number of hydrazone groups is 1. The van der Waals surface area contributed by atoms with E-state index >= 15 is 0 Å². The molecule has 1 heterocycles. The number of hydrogen-bond donors (Lipinski definition) is 2. The van der Waals surface area contributed by atoms with E-state index in [-0.39, 0.29) is 0 Å². The fourth-order valence-electron chi connectivity index (χ4n) is 2.02. The van der Waals surface area contributed by atoms with E-state index in [1.807, 2.05) is 24.3 Å². The highest BCUT2D eigenvalue weighted by atomic mass is 35.5. The summed E-state index contributed by atoms with van der Waals surface area (Å²) < 4.78 is 0. The Hall–Kier alpha value is -2.99. The van der Waals surface area contributed by atoms with Gasteiger partial charge in [-0.05, 0) is 43.3 Å². The summed E-state index contributed by atoms with van der Waals surface area (Å²) in [4.78, 5) is 20.6. The highest BCUT2D eigenvalue weighted by Gasteiger charge is 2.04. The van der Waals surface area contributed by atoms with Crippen LogP contribution >= 0.6 is 11.6 Å². The minimum absolute atomic E-state index is 0.453. The summed E-state index contributed by atoms with van der Waals surface area (Å²) in [6, 6.07) is 13.9. The lowest BCUT2D eigenvalue weighted by molar-refractivity contribution is 0.252. The molecule has 24 heavy (non-hydrogen) atoms. The number of aromatic nitrogens is 2. The molecule has 0 unspecified atom stereocenters. The summed E-state index contributed by atoms with van der Waals surface area (Å²) in [7, 11) is 0. The number of amides is 2. The third-order valence-corrected chi connectivity index (χ3v) is 3.50. The van der Waals surface area contributed by atoms with Gasteiger partial charge in [-0.15, -0.1) is 0 Å². The van der Waals surface area contributed by atoms with E-state index in [0.717, 1.165) is 11.0 Å². The van der Waals surface area contributed by atoms with Crippen molar-refractivity contribution in [2.45, 2.75) is 6.92 Å². The smallest absolute Gasteiger partial charge is 0.307 e. The second kappa shape index (κ2) is 7.06. The number of benzene rings is 2. The van der Waals surface area contributed by atoms with Crippen molar-refractivity contribution in [1.29, 1.82) is 0 Å². The van der Waals surface area contributed by atoms with Crippen LogP contribution in [0.1, 0.15) is 12.6 Å². The van der Waals surface area contributed by atoms with Gasteiger partial charge in [0.2, 0.25) is 0 Å². The second-order valence-corrected chi connectivity index (χ2v) is 5.45. The van der Waals surface area contributed by atoms with E-state index in [9.17, 15) is 4.79 Å². The predicted molar refractivity (Wildman–Crippen MR) is 95.4 cm³/mol. The van der Waals surface area contributed by atoms with Gasteiger partial charge in [-0.3, -0.25) is 4.98 Å². The Bertz CT molecular complexity index is 908. The number of nitrogens with one attached hydrogen (secondary N) is 2. The molecule has 3 rings (SSSR count). The van der Waals surface area contributed by atoms with Crippen molar-refractivity contribution in [3.8, 4) is 0 Å². The number of carbonyl (C=O) groups excluding carboxylic acids is 1. The lowest BCUT2D eigenvalue weighted by atomic mass is 10.2. The number of carbonyl (C=O) groups is 1. The number of urea groups is 1. The standard InChI is InChI=1S/C17H14ClN5O/c1-11(16-10-19-14-4-2-3-5-15(14)21-16)22-23-17(24)20-13-8-6-12(18)7-9-13/h2-10H,1H3,(H2,20,23,24)/b22-11+. The van der Waals surface area contributed by atoms with Gasteiger partial charge in [-0.25, -0.2) is 15.2 Å². The second-order valence-electron chi connectivity index (χ2n) is 5.01. The maximum atomic E-state index is 11.8. The molecule has 0 saturated heterocycles. The Labute approximate surface area is 143 Å². The summed E-state index contributed by atoms with van der Waals surface area (Å²) in [5, 5.41) is 7.30. The summed E-state index contributed by atoms with van der Waals surface area (Å²) in [6.07, 6.45) is 1.62. The van der Waals surface area contributed by atoms with E-state index in [0.29, 0.717) is 22.1 Å². The molecule has 0 spiro atoms. The van der Waals surface area contributed by atoms with E-state index in [2.05, 4.69) is 25.8 Å². The zero-order valence-electron chi connectivity index (χ0n) is 12.8.